The van der Waals surface area contributed by atoms with Gasteiger partial charge in [0.05, 0.1) is 0 Å². The number of hydrogen-bond donors (Lipinski definition) is 2. The molecule has 0 spiro atoms. The maximum atomic E-state index is 13.3. The van der Waals surface area contributed by atoms with Crippen LogP contribution < -0.4 is 11.3 Å². The molecule has 47 heavy (non-hydrogen) atoms. The molecule has 9 heteroatoms. The maximum Gasteiger partial charge on any atom is 0.348 e. The number of hydrogen-bond acceptors (Lipinski definition) is 7. The van der Waals surface area contributed by atoms with Gasteiger partial charge in [-0.15, -0.1) is 0 Å². The topological polar surface area (TPSA) is 114 Å². The van der Waals surface area contributed by atoms with Crippen molar-refractivity contribution in [3.8, 4) is 56.5 Å². The SMILES string of the molecule is Cc1cc(F)ccc1-c1c(O)c(C)c(-c2ccccn2)oc1=O.Cc1ccc(-c2c(O)c(C)c(-c3ccc(F)cc3)oc2=O)c(C)c1. The molecule has 3 heterocycles. The van der Waals surface area contributed by atoms with Crippen LogP contribution in [-0.4, -0.2) is 15.2 Å². The summed E-state index contributed by atoms with van der Waals surface area (Å²) in [5, 5.41) is 21.1. The zero-order valence-corrected chi connectivity index (χ0v) is 26.3. The highest BCUT2D eigenvalue weighted by atomic mass is 19.1. The Morgan fingerprint density at radius 2 is 1.15 bits per heavy atom. The Labute approximate surface area is 269 Å². The van der Waals surface area contributed by atoms with Gasteiger partial charge in [-0.2, -0.15) is 0 Å². The van der Waals surface area contributed by atoms with Gasteiger partial charge in [0.2, 0.25) is 0 Å². The first-order chi connectivity index (χ1) is 22.4. The van der Waals surface area contributed by atoms with Gasteiger partial charge in [-0.1, -0.05) is 35.9 Å². The summed E-state index contributed by atoms with van der Waals surface area (Å²) in [5.74, 6) is -0.622. The highest BCUT2D eigenvalue weighted by molar-refractivity contribution is 5.78. The number of benzene rings is 3. The molecule has 0 saturated carbocycles. The molecule has 0 amide bonds. The van der Waals surface area contributed by atoms with Crippen molar-refractivity contribution in [2.75, 3.05) is 0 Å². The molecular formula is C38H31F2NO6. The molecule has 7 nitrogen and oxygen atoms in total. The number of aromatic nitrogens is 1. The predicted octanol–water partition coefficient (Wildman–Crippen LogP) is 8.57. The molecule has 0 radical (unpaired) electrons. The Balaban J connectivity index is 0.000000185. The first-order valence-corrected chi connectivity index (χ1v) is 14.6. The summed E-state index contributed by atoms with van der Waals surface area (Å²) in [6.07, 6.45) is 1.57. The van der Waals surface area contributed by atoms with Gasteiger partial charge in [-0.05, 0) is 105 Å². The van der Waals surface area contributed by atoms with E-state index in [1.165, 1.54) is 42.5 Å². The number of pyridine rings is 1. The Bertz CT molecular complexity index is 2220. The monoisotopic (exact) mass is 635 g/mol. The van der Waals surface area contributed by atoms with Gasteiger partial charge in [0.1, 0.15) is 45.7 Å². The maximum absolute atomic E-state index is 13.3. The minimum atomic E-state index is -0.691. The predicted molar refractivity (Wildman–Crippen MR) is 176 cm³/mol. The summed E-state index contributed by atoms with van der Waals surface area (Å²) in [6.45, 7) is 8.82. The summed E-state index contributed by atoms with van der Waals surface area (Å²) >= 11 is 0. The third-order valence-corrected chi connectivity index (χ3v) is 7.78. The van der Waals surface area contributed by atoms with Crippen LogP contribution in [0.1, 0.15) is 27.8 Å². The van der Waals surface area contributed by atoms with Crippen molar-refractivity contribution >= 4 is 0 Å². The quantitative estimate of drug-likeness (QED) is 0.199. The van der Waals surface area contributed by atoms with Crippen molar-refractivity contribution < 1.29 is 27.8 Å². The fraction of sp³-hybridized carbons (Fsp3) is 0.132. The molecule has 6 rings (SSSR count). The van der Waals surface area contributed by atoms with E-state index >= 15 is 0 Å². The molecule has 0 aliphatic rings. The van der Waals surface area contributed by atoms with Gasteiger partial charge < -0.3 is 19.0 Å². The van der Waals surface area contributed by atoms with E-state index in [4.69, 9.17) is 8.83 Å². The molecule has 3 aromatic carbocycles. The van der Waals surface area contributed by atoms with Gasteiger partial charge in [-0.25, -0.2) is 18.4 Å². The van der Waals surface area contributed by atoms with E-state index in [0.717, 1.165) is 11.1 Å². The van der Waals surface area contributed by atoms with Crippen LogP contribution in [0.15, 0.2) is 103 Å². The highest BCUT2D eigenvalue weighted by Crippen LogP contribution is 2.37. The Morgan fingerprint density at radius 3 is 1.70 bits per heavy atom. The lowest BCUT2D eigenvalue weighted by Gasteiger charge is -2.12. The van der Waals surface area contributed by atoms with Crippen molar-refractivity contribution in [2.24, 2.45) is 0 Å². The number of aromatic hydroxyl groups is 2. The molecule has 0 aliphatic carbocycles. The molecule has 0 saturated heterocycles. The molecule has 0 aliphatic heterocycles. The zero-order chi connectivity index (χ0) is 34.0. The Hall–Kier alpha value is -5.83. The van der Waals surface area contributed by atoms with Gasteiger partial charge in [-0.3, -0.25) is 4.98 Å². The minimum absolute atomic E-state index is 0.0275. The molecule has 3 aromatic heterocycles. The van der Waals surface area contributed by atoms with Gasteiger partial charge in [0.25, 0.3) is 0 Å². The standard InChI is InChI=1S/C20H17FO3.C18H14FNO3/c1-11-4-9-16(12(2)10-11)17-18(22)13(3)19(24-20(17)23)14-5-7-15(21)8-6-14;1-10-9-12(19)6-7-13(10)15-16(21)11(2)17(23-18(15)22)14-5-3-4-8-20-14/h4-10,22H,1-3H3;3-9,21H,1-2H3. The lowest BCUT2D eigenvalue weighted by atomic mass is 9.97. The number of aryl methyl sites for hydroxylation is 3. The third-order valence-electron chi connectivity index (χ3n) is 7.78. The van der Waals surface area contributed by atoms with Crippen LogP contribution in [0.3, 0.4) is 0 Å². The summed E-state index contributed by atoms with van der Waals surface area (Å²) in [7, 11) is 0. The summed E-state index contributed by atoms with van der Waals surface area (Å²) in [4.78, 5) is 29.0. The second kappa shape index (κ2) is 13.3. The molecule has 0 atom stereocenters. The van der Waals surface area contributed by atoms with Crippen LogP contribution in [0.4, 0.5) is 8.78 Å². The van der Waals surface area contributed by atoms with Crippen molar-refractivity contribution in [2.45, 2.75) is 34.6 Å². The normalized spacial score (nSPS) is 10.8. The Kier molecular flexibility index (Phi) is 9.19. The molecule has 238 valence electrons. The number of rotatable bonds is 4. The van der Waals surface area contributed by atoms with Gasteiger partial charge in [0.15, 0.2) is 5.76 Å². The zero-order valence-electron chi connectivity index (χ0n) is 26.3. The molecular weight excluding hydrogens is 604 g/mol. The number of nitrogens with zero attached hydrogens (tertiary/aromatic N) is 1. The van der Waals surface area contributed by atoms with Crippen LogP contribution in [0, 0.1) is 46.3 Å². The van der Waals surface area contributed by atoms with E-state index in [9.17, 15) is 28.6 Å². The van der Waals surface area contributed by atoms with E-state index in [1.807, 2.05) is 26.0 Å². The van der Waals surface area contributed by atoms with Crippen LogP contribution in [0.2, 0.25) is 0 Å². The first kappa shape index (κ1) is 32.6. The Morgan fingerprint density at radius 1 is 0.617 bits per heavy atom. The third kappa shape index (κ3) is 6.60. The van der Waals surface area contributed by atoms with Crippen molar-refractivity contribution in [3.05, 3.63) is 145 Å². The van der Waals surface area contributed by atoms with E-state index in [-0.39, 0.29) is 40.0 Å². The van der Waals surface area contributed by atoms with Crippen LogP contribution in [0.25, 0.3) is 45.0 Å². The fourth-order valence-electron chi connectivity index (χ4n) is 5.32. The van der Waals surface area contributed by atoms with Crippen molar-refractivity contribution in [3.63, 3.8) is 0 Å². The van der Waals surface area contributed by atoms with E-state index < -0.39 is 17.1 Å². The summed E-state index contributed by atoms with van der Waals surface area (Å²) in [6, 6.07) is 20.4. The van der Waals surface area contributed by atoms with Crippen molar-refractivity contribution in [1.82, 2.24) is 4.98 Å². The molecule has 6 aromatic rings. The molecule has 0 unspecified atom stereocenters. The summed E-state index contributed by atoms with van der Waals surface area (Å²) < 4.78 is 37.2. The molecule has 2 N–H and O–H groups in total. The van der Waals surface area contributed by atoms with E-state index in [1.54, 1.807) is 51.2 Å². The highest BCUT2D eigenvalue weighted by Gasteiger charge is 2.22. The van der Waals surface area contributed by atoms with E-state index in [0.29, 0.717) is 39.1 Å². The average molecular weight is 636 g/mol. The smallest absolute Gasteiger partial charge is 0.348 e. The number of halogens is 2. The van der Waals surface area contributed by atoms with Gasteiger partial charge >= 0.3 is 11.3 Å². The van der Waals surface area contributed by atoms with E-state index in [2.05, 4.69) is 4.98 Å². The first-order valence-electron chi connectivity index (χ1n) is 14.6. The minimum Gasteiger partial charge on any atom is -0.507 e. The molecule has 0 bridgehead atoms. The second-order valence-electron chi connectivity index (χ2n) is 11.1. The fourth-order valence-corrected chi connectivity index (χ4v) is 5.32. The largest absolute Gasteiger partial charge is 0.507 e. The second-order valence-corrected chi connectivity index (χ2v) is 11.1. The lowest BCUT2D eigenvalue weighted by Crippen LogP contribution is -2.07. The van der Waals surface area contributed by atoms with Crippen LogP contribution in [-0.2, 0) is 0 Å². The lowest BCUT2D eigenvalue weighted by molar-refractivity contribution is 0.449. The van der Waals surface area contributed by atoms with Gasteiger partial charge in [0, 0.05) is 22.9 Å². The van der Waals surface area contributed by atoms with Crippen LogP contribution in [0.5, 0.6) is 11.5 Å². The van der Waals surface area contributed by atoms with Crippen molar-refractivity contribution in [1.29, 1.82) is 0 Å². The molecule has 0 fully saturated rings. The van der Waals surface area contributed by atoms with Crippen LogP contribution >= 0.6 is 0 Å². The average Bonchev–Trinajstić information content (AvgIpc) is 3.04. The summed E-state index contributed by atoms with van der Waals surface area (Å²) in [5.41, 5.74) is 4.27.